The van der Waals surface area contributed by atoms with Crippen LogP contribution in [0.5, 0.6) is 5.75 Å². The Morgan fingerprint density at radius 3 is 2.62 bits per heavy atom. The van der Waals surface area contributed by atoms with Crippen LogP contribution < -0.4 is 15.5 Å². The minimum Gasteiger partial charge on any atom is -0.497 e. The van der Waals surface area contributed by atoms with Crippen molar-refractivity contribution in [2.75, 3.05) is 31.6 Å². The highest BCUT2D eigenvalue weighted by Gasteiger charge is 2.31. The first-order chi connectivity index (χ1) is 15.5. The molecule has 0 saturated carbocycles. The lowest BCUT2D eigenvalue weighted by Gasteiger charge is -2.32. The first kappa shape index (κ1) is 22.8. The fraction of sp³-hybridized carbons (Fsp3) is 0.500. The summed E-state index contributed by atoms with van der Waals surface area (Å²) in [5, 5.41) is 12.1. The second-order valence-electron chi connectivity index (χ2n) is 8.97. The van der Waals surface area contributed by atoms with Crippen LogP contribution in [-0.2, 0) is 19.3 Å². The van der Waals surface area contributed by atoms with Gasteiger partial charge < -0.3 is 14.7 Å². The van der Waals surface area contributed by atoms with E-state index in [2.05, 4.69) is 29.2 Å². The van der Waals surface area contributed by atoms with Crippen molar-refractivity contribution in [1.29, 1.82) is 0 Å². The van der Waals surface area contributed by atoms with E-state index in [-0.39, 0.29) is 12.0 Å². The number of carbonyl (C=O) groups excluding carboxylic acids is 1. The first-order valence-corrected chi connectivity index (χ1v) is 11.8. The highest BCUT2D eigenvalue weighted by atomic mass is 16.5. The van der Waals surface area contributed by atoms with Crippen LogP contribution in [0.25, 0.3) is 0 Å². The van der Waals surface area contributed by atoms with E-state index >= 15 is 0 Å². The molecule has 0 fully saturated rings. The number of nitrogens with zero attached hydrogens (tertiary/aromatic N) is 2. The van der Waals surface area contributed by atoms with Gasteiger partial charge in [0.1, 0.15) is 12.0 Å². The molecule has 0 radical (unpaired) electrons. The molecule has 1 atom stereocenters. The number of Topliss-reactive ketones (excluding diaryl/α,β-unsaturated/α-hetero) is 1. The highest BCUT2D eigenvalue weighted by Crippen LogP contribution is 2.39. The second-order valence-corrected chi connectivity index (χ2v) is 8.97. The molecule has 3 N–H and O–H groups in total. The van der Waals surface area contributed by atoms with Gasteiger partial charge in [-0.25, -0.2) is 5.01 Å². The van der Waals surface area contributed by atoms with E-state index in [9.17, 15) is 9.90 Å². The number of ketones is 1. The average molecular weight is 438 g/mol. The zero-order valence-electron chi connectivity index (χ0n) is 19.1. The average Bonchev–Trinajstić information content (AvgIpc) is 3.25. The molecule has 2 aliphatic heterocycles. The molecule has 6 nitrogen and oxygen atoms in total. The summed E-state index contributed by atoms with van der Waals surface area (Å²) in [7, 11) is 1.67. The summed E-state index contributed by atoms with van der Waals surface area (Å²) in [6.07, 6.45) is 6.53. The number of benzene rings is 2. The van der Waals surface area contributed by atoms with Gasteiger partial charge in [-0.3, -0.25) is 10.6 Å². The lowest BCUT2D eigenvalue weighted by atomic mass is 9.93. The Kier molecular flexibility index (Phi) is 7.45. The summed E-state index contributed by atoms with van der Waals surface area (Å²) in [4.78, 5) is 14.9. The van der Waals surface area contributed by atoms with E-state index in [4.69, 9.17) is 10.6 Å². The van der Waals surface area contributed by atoms with Crippen molar-refractivity contribution in [3.8, 4) is 5.75 Å². The van der Waals surface area contributed by atoms with Crippen molar-refractivity contribution in [3.05, 3.63) is 58.7 Å². The van der Waals surface area contributed by atoms with Gasteiger partial charge in [-0.1, -0.05) is 18.6 Å². The Labute approximate surface area is 190 Å². The quantitative estimate of drug-likeness (QED) is 0.243. The molecule has 2 aromatic rings. The fourth-order valence-electron chi connectivity index (χ4n) is 4.86. The van der Waals surface area contributed by atoms with Gasteiger partial charge >= 0.3 is 0 Å². The zero-order valence-corrected chi connectivity index (χ0v) is 19.1. The Bertz CT molecular complexity index is 929. The van der Waals surface area contributed by atoms with Crippen LogP contribution in [0.2, 0.25) is 0 Å². The summed E-state index contributed by atoms with van der Waals surface area (Å²) in [6, 6.07) is 12.2. The molecule has 0 aromatic heterocycles. The van der Waals surface area contributed by atoms with Crippen molar-refractivity contribution in [1.82, 2.24) is 5.01 Å². The summed E-state index contributed by atoms with van der Waals surface area (Å²) >= 11 is 0. The van der Waals surface area contributed by atoms with Crippen LogP contribution in [0.4, 0.5) is 5.69 Å². The molecule has 32 heavy (non-hydrogen) atoms. The van der Waals surface area contributed by atoms with Crippen LogP contribution in [-0.4, -0.2) is 48.9 Å². The summed E-state index contributed by atoms with van der Waals surface area (Å²) < 4.78 is 5.19. The molecule has 6 heteroatoms. The van der Waals surface area contributed by atoms with Gasteiger partial charge in [0, 0.05) is 37.3 Å². The normalized spacial score (nSPS) is 17.0. The smallest absolute Gasteiger partial charge is 0.162 e. The van der Waals surface area contributed by atoms with Crippen molar-refractivity contribution in [2.45, 2.75) is 57.6 Å². The molecule has 4 rings (SSSR count). The van der Waals surface area contributed by atoms with Gasteiger partial charge in [-0.15, -0.1) is 0 Å². The SMILES string of the molecule is COc1ccc(CCN(N)CCCCCC(=O)c2cc3c4c(c2)CCN4C(O)CC3)cc1. The molecule has 0 bridgehead atoms. The number of hydrogen-bond acceptors (Lipinski definition) is 6. The molecule has 0 saturated heterocycles. The molecule has 2 heterocycles. The monoisotopic (exact) mass is 437 g/mol. The minimum atomic E-state index is -0.372. The zero-order chi connectivity index (χ0) is 22.5. The van der Waals surface area contributed by atoms with Gasteiger partial charge in [-0.2, -0.15) is 0 Å². The van der Waals surface area contributed by atoms with Crippen LogP contribution in [0, 0.1) is 0 Å². The van der Waals surface area contributed by atoms with E-state index in [1.807, 2.05) is 17.1 Å². The van der Waals surface area contributed by atoms with Gasteiger partial charge in [-0.05, 0) is 79.5 Å². The molecule has 0 aliphatic carbocycles. The Hall–Kier alpha value is -2.41. The predicted octanol–water partition coefficient (Wildman–Crippen LogP) is 3.48. The maximum absolute atomic E-state index is 12.8. The van der Waals surface area contributed by atoms with E-state index in [1.165, 1.54) is 22.4 Å². The molecule has 172 valence electrons. The number of carbonyl (C=O) groups is 1. The van der Waals surface area contributed by atoms with Crippen LogP contribution in [0.1, 0.15) is 59.2 Å². The van der Waals surface area contributed by atoms with Gasteiger partial charge in [0.25, 0.3) is 0 Å². The largest absolute Gasteiger partial charge is 0.497 e. The van der Waals surface area contributed by atoms with Gasteiger partial charge in [0.15, 0.2) is 5.78 Å². The molecule has 1 unspecified atom stereocenters. The Balaban J connectivity index is 1.16. The predicted molar refractivity (Wildman–Crippen MR) is 127 cm³/mol. The Morgan fingerprint density at radius 2 is 1.88 bits per heavy atom. The molecule has 2 aromatic carbocycles. The number of anilines is 1. The third kappa shape index (κ3) is 5.31. The Morgan fingerprint density at radius 1 is 1.12 bits per heavy atom. The van der Waals surface area contributed by atoms with Crippen LogP contribution in [0.15, 0.2) is 36.4 Å². The van der Waals surface area contributed by atoms with Crippen LogP contribution >= 0.6 is 0 Å². The fourth-order valence-corrected chi connectivity index (χ4v) is 4.86. The molecule has 2 aliphatic rings. The molecule has 0 spiro atoms. The van der Waals surface area contributed by atoms with Gasteiger partial charge in [0.05, 0.1) is 7.11 Å². The van der Waals surface area contributed by atoms with Crippen molar-refractivity contribution in [3.63, 3.8) is 0 Å². The van der Waals surface area contributed by atoms with Crippen molar-refractivity contribution >= 4 is 11.5 Å². The summed E-state index contributed by atoms with van der Waals surface area (Å²) in [5.74, 6) is 7.24. The second kappa shape index (κ2) is 10.5. The number of rotatable bonds is 11. The number of hydrazine groups is 1. The summed E-state index contributed by atoms with van der Waals surface area (Å²) in [6.45, 7) is 2.51. The van der Waals surface area contributed by atoms with Crippen LogP contribution in [0.3, 0.4) is 0 Å². The number of aliphatic hydroxyl groups is 1. The maximum atomic E-state index is 12.8. The van der Waals surface area contributed by atoms with E-state index < -0.39 is 0 Å². The number of hydrogen-bond donors (Lipinski definition) is 2. The molecular formula is C26H35N3O3. The standard InChI is InChI=1S/C26H35N3O3/c1-32-23-9-6-19(7-10-23)12-15-28(27)14-4-2-3-5-24(30)22-17-20-8-11-25(31)29-16-13-21(18-22)26(20)29/h6-7,9-10,17-18,25,31H,2-5,8,11-16,27H2,1H3. The van der Waals surface area contributed by atoms with Gasteiger partial charge in [0.2, 0.25) is 0 Å². The lowest BCUT2D eigenvalue weighted by Crippen LogP contribution is -2.37. The number of ether oxygens (including phenoxy) is 1. The minimum absolute atomic E-state index is 0.234. The molecule has 0 amide bonds. The number of aliphatic hydroxyl groups excluding tert-OH is 1. The number of nitrogens with two attached hydrogens (primary N) is 1. The maximum Gasteiger partial charge on any atom is 0.162 e. The van der Waals surface area contributed by atoms with Crippen molar-refractivity contribution in [2.24, 2.45) is 5.84 Å². The summed E-state index contributed by atoms with van der Waals surface area (Å²) in [5.41, 5.74) is 5.72. The van der Waals surface area contributed by atoms with E-state index in [1.54, 1.807) is 7.11 Å². The number of methoxy groups -OCH3 is 1. The third-order valence-electron chi connectivity index (χ3n) is 6.73. The van der Waals surface area contributed by atoms with E-state index in [0.717, 1.165) is 75.9 Å². The number of aryl methyl sites for hydroxylation is 1. The first-order valence-electron chi connectivity index (χ1n) is 11.8. The molecular weight excluding hydrogens is 402 g/mol. The van der Waals surface area contributed by atoms with Crippen molar-refractivity contribution < 1.29 is 14.6 Å². The number of unbranched alkanes of at least 4 members (excludes halogenated alkanes) is 2. The van der Waals surface area contributed by atoms with E-state index in [0.29, 0.717) is 6.42 Å². The third-order valence-corrected chi connectivity index (χ3v) is 6.73. The topological polar surface area (TPSA) is 79.0 Å². The highest BCUT2D eigenvalue weighted by molar-refractivity contribution is 5.97. The lowest BCUT2D eigenvalue weighted by molar-refractivity contribution is 0.0978.